The van der Waals surface area contributed by atoms with Crippen molar-refractivity contribution in [3.05, 3.63) is 18.7 Å². The van der Waals surface area contributed by atoms with Crippen molar-refractivity contribution in [2.24, 2.45) is 11.7 Å². The molecule has 0 spiro atoms. The second-order valence-corrected chi connectivity index (χ2v) is 5.54. The van der Waals surface area contributed by atoms with Crippen LogP contribution in [0.4, 0.5) is 11.5 Å². The zero-order valence-corrected chi connectivity index (χ0v) is 11.9. The average Bonchev–Trinajstić information content (AvgIpc) is 2.45. The van der Waals surface area contributed by atoms with Gasteiger partial charge in [-0.3, -0.25) is 0 Å². The number of rotatable bonds is 2. The number of aromatic nitrogens is 3. The van der Waals surface area contributed by atoms with Crippen LogP contribution >= 0.6 is 0 Å². The van der Waals surface area contributed by atoms with Gasteiger partial charge in [0.1, 0.15) is 17.7 Å². The predicted molar refractivity (Wildman–Crippen MR) is 80.8 cm³/mol. The van der Waals surface area contributed by atoms with E-state index in [1.54, 1.807) is 6.33 Å². The van der Waals surface area contributed by atoms with Crippen LogP contribution in [0.1, 0.15) is 13.3 Å². The first-order valence-electron chi connectivity index (χ1n) is 6.96. The molecule has 1 saturated heterocycles. The molecule has 0 unspecified atom stereocenters. The zero-order valence-electron chi connectivity index (χ0n) is 11.9. The first-order chi connectivity index (χ1) is 9.69. The van der Waals surface area contributed by atoms with Crippen molar-refractivity contribution in [3.8, 4) is 0 Å². The normalized spacial score (nSPS) is 23.1. The molecule has 2 aromatic rings. The molecule has 0 radical (unpaired) electrons. The summed E-state index contributed by atoms with van der Waals surface area (Å²) >= 11 is 0. The van der Waals surface area contributed by atoms with Crippen molar-refractivity contribution in [1.29, 1.82) is 0 Å². The van der Waals surface area contributed by atoms with Crippen molar-refractivity contribution in [2.45, 2.75) is 19.4 Å². The summed E-state index contributed by atoms with van der Waals surface area (Å²) in [6.45, 7) is 4.04. The summed E-state index contributed by atoms with van der Waals surface area (Å²) in [6, 6.07) is 0.198. The van der Waals surface area contributed by atoms with Crippen LogP contribution < -0.4 is 16.0 Å². The lowest BCUT2D eigenvalue weighted by atomic mass is 9.96. The van der Waals surface area contributed by atoms with Gasteiger partial charge in [0.05, 0.1) is 17.3 Å². The molecule has 0 aromatic carbocycles. The molecule has 0 saturated carbocycles. The maximum Gasteiger partial charge on any atom is 0.139 e. The highest BCUT2D eigenvalue weighted by atomic mass is 15.2. The lowest BCUT2D eigenvalue weighted by Crippen LogP contribution is -2.46. The van der Waals surface area contributed by atoms with Crippen LogP contribution in [0, 0.1) is 5.92 Å². The van der Waals surface area contributed by atoms with E-state index in [0.717, 1.165) is 41.9 Å². The van der Waals surface area contributed by atoms with E-state index in [2.05, 4.69) is 32.1 Å². The fraction of sp³-hybridized carbons (Fsp3) is 0.500. The molecular weight excluding hydrogens is 252 g/mol. The Hall–Kier alpha value is -1.95. The molecule has 0 amide bonds. The second kappa shape index (κ2) is 5.20. The van der Waals surface area contributed by atoms with E-state index >= 15 is 0 Å². The molecule has 3 heterocycles. The van der Waals surface area contributed by atoms with E-state index in [4.69, 9.17) is 5.73 Å². The van der Waals surface area contributed by atoms with Crippen molar-refractivity contribution in [3.63, 3.8) is 0 Å². The Morgan fingerprint density at radius 1 is 1.30 bits per heavy atom. The molecule has 6 nitrogen and oxygen atoms in total. The lowest BCUT2D eigenvalue weighted by Gasteiger charge is -2.36. The lowest BCUT2D eigenvalue weighted by molar-refractivity contribution is 0.400. The Morgan fingerprint density at radius 3 is 2.90 bits per heavy atom. The summed E-state index contributed by atoms with van der Waals surface area (Å²) in [7, 11) is 1.87. The van der Waals surface area contributed by atoms with Gasteiger partial charge >= 0.3 is 0 Å². The number of nitrogens with zero attached hydrogens (tertiary/aromatic N) is 4. The Kier molecular flexibility index (Phi) is 3.40. The van der Waals surface area contributed by atoms with Crippen LogP contribution in [0.5, 0.6) is 0 Å². The molecule has 3 rings (SSSR count). The molecule has 1 fully saturated rings. The van der Waals surface area contributed by atoms with Gasteiger partial charge in [0.2, 0.25) is 0 Å². The highest BCUT2D eigenvalue weighted by molar-refractivity contribution is 5.96. The van der Waals surface area contributed by atoms with Gasteiger partial charge in [-0.15, -0.1) is 0 Å². The van der Waals surface area contributed by atoms with Gasteiger partial charge in [-0.05, 0) is 12.3 Å². The maximum absolute atomic E-state index is 6.14. The summed E-state index contributed by atoms with van der Waals surface area (Å²) in [6.07, 6.45) is 6.29. The van der Waals surface area contributed by atoms with Gasteiger partial charge in [-0.1, -0.05) is 6.92 Å². The Bertz CT molecular complexity index is 604. The van der Waals surface area contributed by atoms with Gasteiger partial charge in [0, 0.05) is 32.4 Å². The molecule has 1 aliphatic rings. The molecule has 3 N–H and O–H groups in total. The summed E-state index contributed by atoms with van der Waals surface area (Å²) in [4.78, 5) is 15.4. The Balaban J connectivity index is 2.08. The van der Waals surface area contributed by atoms with Crippen LogP contribution in [-0.2, 0) is 0 Å². The smallest absolute Gasteiger partial charge is 0.139 e. The average molecular weight is 272 g/mol. The molecule has 0 bridgehead atoms. The minimum Gasteiger partial charge on any atom is -0.385 e. The first-order valence-corrected chi connectivity index (χ1v) is 6.96. The van der Waals surface area contributed by atoms with Crippen molar-refractivity contribution in [1.82, 2.24) is 15.0 Å². The summed E-state index contributed by atoms with van der Waals surface area (Å²) in [5, 5.41) is 4.09. The van der Waals surface area contributed by atoms with E-state index in [1.165, 1.54) is 0 Å². The number of hydrogen-bond donors (Lipinski definition) is 2. The van der Waals surface area contributed by atoms with Gasteiger partial charge < -0.3 is 16.0 Å². The number of piperidine rings is 1. The van der Waals surface area contributed by atoms with Crippen LogP contribution in [0.25, 0.3) is 10.9 Å². The monoisotopic (exact) mass is 272 g/mol. The SMILES string of the molecule is CNc1cnc(N2C[C@@H](C)C[C@@H](N)C2)c2cncnc12. The fourth-order valence-corrected chi connectivity index (χ4v) is 2.97. The molecular formula is C14H20N6. The quantitative estimate of drug-likeness (QED) is 0.856. The third-order valence-electron chi connectivity index (χ3n) is 3.79. The highest BCUT2D eigenvalue weighted by Crippen LogP contribution is 2.30. The first kappa shape index (κ1) is 13.1. The Morgan fingerprint density at radius 2 is 2.15 bits per heavy atom. The maximum atomic E-state index is 6.14. The molecule has 20 heavy (non-hydrogen) atoms. The molecule has 2 aromatic heterocycles. The van der Waals surface area contributed by atoms with E-state index < -0.39 is 0 Å². The predicted octanol–water partition coefficient (Wildman–Crippen LogP) is 1.24. The summed E-state index contributed by atoms with van der Waals surface area (Å²) in [5.74, 6) is 1.51. The molecule has 0 aliphatic carbocycles. The molecule has 1 aliphatic heterocycles. The van der Waals surface area contributed by atoms with Gasteiger partial charge in [-0.2, -0.15) is 0 Å². The van der Waals surface area contributed by atoms with Crippen LogP contribution in [0.15, 0.2) is 18.7 Å². The minimum atomic E-state index is 0.198. The fourth-order valence-electron chi connectivity index (χ4n) is 2.97. The van der Waals surface area contributed by atoms with Crippen LogP contribution in [-0.4, -0.2) is 41.1 Å². The number of fused-ring (bicyclic) bond motifs is 1. The number of pyridine rings is 1. The molecule has 2 atom stereocenters. The molecule has 106 valence electrons. The second-order valence-electron chi connectivity index (χ2n) is 5.54. The van der Waals surface area contributed by atoms with Gasteiger partial charge in [-0.25, -0.2) is 15.0 Å². The number of nitrogens with one attached hydrogen (secondary N) is 1. The zero-order chi connectivity index (χ0) is 14.1. The van der Waals surface area contributed by atoms with Crippen molar-refractivity contribution in [2.75, 3.05) is 30.4 Å². The topological polar surface area (TPSA) is 80.0 Å². The number of nitrogens with two attached hydrogens (primary N) is 1. The largest absolute Gasteiger partial charge is 0.385 e. The van der Waals surface area contributed by atoms with E-state index in [0.29, 0.717) is 5.92 Å². The van der Waals surface area contributed by atoms with E-state index in [1.807, 2.05) is 19.4 Å². The minimum absolute atomic E-state index is 0.198. The number of hydrogen-bond acceptors (Lipinski definition) is 6. The highest BCUT2D eigenvalue weighted by Gasteiger charge is 2.24. The third kappa shape index (κ3) is 2.27. The van der Waals surface area contributed by atoms with Gasteiger partial charge in [0.25, 0.3) is 0 Å². The Labute approximate surface area is 118 Å². The number of anilines is 2. The van der Waals surface area contributed by atoms with Gasteiger partial charge in [0.15, 0.2) is 0 Å². The van der Waals surface area contributed by atoms with E-state index in [9.17, 15) is 0 Å². The van der Waals surface area contributed by atoms with E-state index in [-0.39, 0.29) is 6.04 Å². The third-order valence-corrected chi connectivity index (χ3v) is 3.79. The van der Waals surface area contributed by atoms with Crippen LogP contribution in [0.3, 0.4) is 0 Å². The standard InChI is InChI=1S/C14H20N6/c1-9-3-10(15)7-20(6-9)14-11-4-17-8-19-13(11)12(16-2)5-18-14/h4-5,8-10,16H,3,6-7,15H2,1-2H3/t9-,10+/m0/s1. The molecule has 6 heteroatoms. The van der Waals surface area contributed by atoms with Crippen molar-refractivity contribution >= 4 is 22.4 Å². The van der Waals surface area contributed by atoms with Crippen molar-refractivity contribution < 1.29 is 0 Å². The summed E-state index contributed by atoms with van der Waals surface area (Å²) in [5.41, 5.74) is 7.96. The summed E-state index contributed by atoms with van der Waals surface area (Å²) < 4.78 is 0. The van der Waals surface area contributed by atoms with Crippen LogP contribution in [0.2, 0.25) is 0 Å².